The first-order chi connectivity index (χ1) is 8.04. The van der Waals surface area contributed by atoms with Gasteiger partial charge >= 0.3 is 0 Å². The van der Waals surface area contributed by atoms with Crippen LogP contribution in [0.3, 0.4) is 0 Å². The Kier molecular flexibility index (Phi) is 5.40. The molecule has 0 aliphatic rings. The molecule has 1 rings (SSSR count). The van der Waals surface area contributed by atoms with Gasteiger partial charge in [0.1, 0.15) is 0 Å². The minimum Gasteiger partial charge on any atom is -0.258 e. The van der Waals surface area contributed by atoms with Crippen molar-refractivity contribution in [2.45, 2.75) is 59.8 Å². The molecule has 0 aromatic heterocycles. The van der Waals surface area contributed by atoms with Crippen LogP contribution < -0.4 is 0 Å². The van der Waals surface area contributed by atoms with E-state index in [1.54, 1.807) is 0 Å². The van der Waals surface area contributed by atoms with Crippen molar-refractivity contribution in [3.8, 4) is 0 Å². The summed E-state index contributed by atoms with van der Waals surface area (Å²) in [5.41, 5.74) is 5.05. The highest BCUT2D eigenvalue weighted by atomic mass is 14.7. The highest BCUT2D eigenvalue weighted by Crippen LogP contribution is 2.24. The molecule has 0 bridgehead atoms. The Bertz CT molecular complexity index is 389. The lowest BCUT2D eigenvalue weighted by Gasteiger charge is -2.09. The van der Waals surface area contributed by atoms with Gasteiger partial charge in [-0.3, -0.25) is 4.99 Å². The molecule has 0 amide bonds. The first kappa shape index (κ1) is 14.0. The standard InChI is InChI=1S/C16H25N/c1-6-7-8-14(5)17-16-10-9-15(12(2)3)11-13(16)4/h9-12H,6-8H2,1-5H3. The van der Waals surface area contributed by atoms with E-state index in [2.05, 4.69) is 52.8 Å². The quantitative estimate of drug-likeness (QED) is 0.601. The molecule has 0 radical (unpaired) electrons. The Morgan fingerprint density at radius 3 is 2.53 bits per heavy atom. The average molecular weight is 231 g/mol. The van der Waals surface area contributed by atoms with Crippen molar-refractivity contribution in [1.29, 1.82) is 0 Å². The average Bonchev–Trinajstić information content (AvgIpc) is 2.28. The molecule has 1 aromatic rings. The van der Waals surface area contributed by atoms with Crippen LogP contribution in [0, 0.1) is 6.92 Å². The molecular formula is C16H25N. The van der Waals surface area contributed by atoms with Crippen LogP contribution in [0.2, 0.25) is 0 Å². The number of benzene rings is 1. The Morgan fingerprint density at radius 2 is 2.00 bits per heavy atom. The van der Waals surface area contributed by atoms with Crippen LogP contribution in [-0.2, 0) is 0 Å². The lowest BCUT2D eigenvalue weighted by molar-refractivity contribution is 0.833. The molecule has 0 heterocycles. The Hall–Kier alpha value is -1.11. The maximum Gasteiger partial charge on any atom is 0.0658 e. The van der Waals surface area contributed by atoms with Crippen LogP contribution >= 0.6 is 0 Å². The highest BCUT2D eigenvalue weighted by Gasteiger charge is 2.02. The first-order valence-corrected chi connectivity index (χ1v) is 6.69. The molecule has 0 aliphatic carbocycles. The highest BCUT2D eigenvalue weighted by molar-refractivity contribution is 5.84. The lowest BCUT2D eigenvalue weighted by Crippen LogP contribution is -1.92. The van der Waals surface area contributed by atoms with Gasteiger partial charge in [0.25, 0.3) is 0 Å². The molecule has 0 saturated carbocycles. The predicted molar refractivity (Wildman–Crippen MR) is 77.6 cm³/mol. The van der Waals surface area contributed by atoms with Crippen LogP contribution in [0.4, 0.5) is 5.69 Å². The van der Waals surface area contributed by atoms with E-state index in [0.29, 0.717) is 5.92 Å². The van der Waals surface area contributed by atoms with E-state index in [4.69, 9.17) is 4.99 Å². The number of aliphatic imine (C=N–C) groups is 1. The maximum absolute atomic E-state index is 4.71. The van der Waals surface area contributed by atoms with E-state index in [0.717, 1.165) is 12.1 Å². The van der Waals surface area contributed by atoms with Gasteiger partial charge < -0.3 is 0 Å². The van der Waals surface area contributed by atoms with Gasteiger partial charge in [-0.2, -0.15) is 0 Å². The summed E-state index contributed by atoms with van der Waals surface area (Å²) >= 11 is 0. The van der Waals surface area contributed by atoms with Crippen molar-refractivity contribution in [2.75, 3.05) is 0 Å². The first-order valence-electron chi connectivity index (χ1n) is 6.69. The Balaban J connectivity index is 2.85. The molecule has 0 aliphatic heterocycles. The number of aryl methyl sites for hydroxylation is 1. The fraction of sp³-hybridized carbons (Fsp3) is 0.562. The molecule has 0 N–H and O–H groups in total. The van der Waals surface area contributed by atoms with Gasteiger partial charge in [-0.25, -0.2) is 0 Å². The zero-order valence-corrected chi connectivity index (χ0v) is 11.9. The summed E-state index contributed by atoms with van der Waals surface area (Å²) in [5, 5.41) is 0. The van der Waals surface area contributed by atoms with Gasteiger partial charge in [0.2, 0.25) is 0 Å². The van der Waals surface area contributed by atoms with Crippen LogP contribution in [0.5, 0.6) is 0 Å². The maximum atomic E-state index is 4.71. The number of nitrogens with zero attached hydrogens (tertiary/aromatic N) is 1. The fourth-order valence-electron chi connectivity index (χ4n) is 1.86. The van der Waals surface area contributed by atoms with Crippen LogP contribution in [-0.4, -0.2) is 5.71 Å². The van der Waals surface area contributed by atoms with Crippen molar-refractivity contribution in [2.24, 2.45) is 4.99 Å². The van der Waals surface area contributed by atoms with E-state index in [1.165, 1.54) is 29.7 Å². The third-order valence-corrected chi connectivity index (χ3v) is 3.09. The van der Waals surface area contributed by atoms with Crippen molar-refractivity contribution >= 4 is 11.4 Å². The molecule has 0 spiro atoms. The zero-order chi connectivity index (χ0) is 12.8. The second-order valence-electron chi connectivity index (χ2n) is 5.15. The van der Waals surface area contributed by atoms with E-state index in [1.807, 2.05) is 0 Å². The van der Waals surface area contributed by atoms with E-state index in [9.17, 15) is 0 Å². The summed E-state index contributed by atoms with van der Waals surface area (Å²) in [6.07, 6.45) is 3.58. The lowest BCUT2D eigenvalue weighted by atomic mass is 10.0. The van der Waals surface area contributed by atoms with Gasteiger partial charge in [-0.1, -0.05) is 39.3 Å². The summed E-state index contributed by atoms with van der Waals surface area (Å²) in [5.74, 6) is 0.591. The number of unbranched alkanes of at least 4 members (excludes halogenated alkanes) is 1. The van der Waals surface area contributed by atoms with Crippen molar-refractivity contribution in [1.82, 2.24) is 0 Å². The van der Waals surface area contributed by atoms with Gasteiger partial charge in [0.15, 0.2) is 0 Å². The second kappa shape index (κ2) is 6.58. The Labute approximate surface area is 106 Å². The SMILES string of the molecule is CCCCC(C)=Nc1ccc(C(C)C)cc1C. The summed E-state index contributed by atoms with van der Waals surface area (Å²) in [7, 11) is 0. The molecule has 0 fully saturated rings. The molecule has 17 heavy (non-hydrogen) atoms. The minimum absolute atomic E-state index is 0.591. The predicted octanol–water partition coefficient (Wildman–Crippen LogP) is 5.40. The number of hydrogen-bond acceptors (Lipinski definition) is 1. The van der Waals surface area contributed by atoms with E-state index < -0.39 is 0 Å². The number of rotatable bonds is 5. The normalized spacial score (nSPS) is 12.2. The topological polar surface area (TPSA) is 12.4 Å². The van der Waals surface area contributed by atoms with Gasteiger partial charge in [-0.15, -0.1) is 0 Å². The van der Waals surface area contributed by atoms with Gasteiger partial charge in [-0.05, 0) is 49.8 Å². The summed E-state index contributed by atoms with van der Waals surface area (Å²) in [4.78, 5) is 4.71. The van der Waals surface area contributed by atoms with Gasteiger partial charge in [0, 0.05) is 5.71 Å². The third kappa shape index (κ3) is 4.33. The molecule has 1 aromatic carbocycles. The zero-order valence-electron chi connectivity index (χ0n) is 11.9. The van der Waals surface area contributed by atoms with Crippen LogP contribution in [0.1, 0.15) is 64.0 Å². The van der Waals surface area contributed by atoms with Crippen LogP contribution in [0.25, 0.3) is 0 Å². The van der Waals surface area contributed by atoms with Crippen molar-refractivity contribution < 1.29 is 0 Å². The Morgan fingerprint density at radius 1 is 1.29 bits per heavy atom. The molecule has 1 nitrogen and oxygen atoms in total. The van der Waals surface area contributed by atoms with E-state index in [-0.39, 0.29) is 0 Å². The molecule has 1 heteroatoms. The number of hydrogen-bond donors (Lipinski definition) is 0. The monoisotopic (exact) mass is 231 g/mol. The fourth-order valence-corrected chi connectivity index (χ4v) is 1.86. The molecule has 94 valence electrons. The van der Waals surface area contributed by atoms with Crippen molar-refractivity contribution in [3.05, 3.63) is 29.3 Å². The summed E-state index contributed by atoms with van der Waals surface area (Å²) in [6.45, 7) is 11.0. The molecule has 0 atom stereocenters. The molecule has 0 saturated heterocycles. The summed E-state index contributed by atoms with van der Waals surface area (Å²) in [6, 6.07) is 6.61. The largest absolute Gasteiger partial charge is 0.258 e. The third-order valence-electron chi connectivity index (χ3n) is 3.09. The smallest absolute Gasteiger partial charge is 0.0658 e. The van der Waals surface area contributed by atoms with Crippen LogP contribution in [0.15, 0.2) is 23.2 Å². The second-order valence-corrected chi connectivity index (χ2v) is 5.15. The van der Waals surface area contributed by atoms with Crippen molar-refractivity contribution in [3.63, 3.8) is 0 Å². The minimum atomic E-state index is 0.591. The molecular weight excluding hydrogens is 206 g/mol. The summed E-state index contributed by atoms with van der Waals surface area (Å²) < 4.78 is 0. The molecule has 0 unspecified atom stereocenters. The van der Waals surface area contributed by atoms with Gasteiger partial charge in [0.05, 0.1) is 5.69 Å². The van der Waals surface area contributed by atoms with E-state index >= 15 is 0 Å².